The number of sulfonamides is 1. The van der Waals surface area contributed by atoms with Crippen LogP contribution < -0.4 is 15.2 Å². The third-order valence-electron chi connectivity index (χ3n) is 8.48. The van der Waals surface area contributed by atoms with Gasteiger partial charge in [0.1, 0.15) is 12.4 Å². The van der Waals surface area contributed by atoms with Crippen LogP contribution in [0.25, 0.3) is 10.8 Å². The van der Waals surface area contributed by atoms with Gasteiger partial charge in [-0.15, -0.1) is 0 Å². The van der Waals surface area contributed by atoms with Gasteiger partial charge in [0.05, 0.1) is 4.90 Å². The number of hydrogen-bond acceptors (Lipinski definition) is 5. The van der Waals surface area contributed by atoms with E-state index in [4.69, 9.17) is 10.5 Å². The van der Waals surface area contributed by atoms with E-state index < -0.39 is 33.5 Å². The lowest BCUT2D eigenvalue weighted by Crippen LogP contribution is -2.60. The van der Waals surface area contributed by atoms with Crippen molar-refractivity contribution in [1.29, 1.82) is 0 Å². The molecule has 2 aliphatic rings. The van der Waals surface area contributed by atoms with Crippen molar-refractivity contribution in [2.45, 2.75) is 67.3 Å². The van der Waals surface area contributed by atoms with E-state index in [1.807, 2.05) is 30.3 Å². The quantitative estimate of drug-likeness (QED) is 0.222. The van der Waals surface area contributed by atoms with Crippen LogP contribution in [0.15, 0.2) is 100 Å². The number of nitrogens with zero attached hydrogens (tertiary/aromatic N) is 1. The molecule has 2 aliphatic heterocycles. The highest BCUT2D eigenvalue weighted by Gasteiger charge is 2.53. The Bertz CT molecular complexity index is 1760. The molecule has 6 rings (SSSR count). The van der Waals surface area contributed by atoms with Crippen LogP contribution in [0.1, 0.15) is 36.8 Å². The van der Waals surface area contributed by atoms with E-state index >= 15 is 8.78 Å². The number of carbonyl (C=O) groups is 1. The number of amides is 1. The molecule has 4 aromatic rings. The molecule has 0 saturated carbocycles. The predicted octanol–water partition coefficient (Wildman–Crippen LogP) is 6.10. The summed E-state index contributed by atoms with van der Waals surface area (Å²) in [5.74, 6) is -4.18. The summed E-state index contributed by atoms with van der Waals surface area (Å²) in [6.45, 7) is 0.370. The highest BCUT2D eigenvalue weighted by molar-refractivity contribution is 9.10. The highest BCUT2D eigenvalue weighted by atomic mass is 79.9. The fraction of sp³-hybridized carbons (Fsp3) is 0.303. The zero-order valence-electron chi connectivity index (χ0n) is 23.7. The molecule has 2 fully saturated rings. The van der Waals surface area contributed by atoms with Gasteiger partial charge in [-0.05, 0) is 78.4 Å². The molecule has 0 aromatic heterocycles. The van der Waals surface area contributed by atoms with Crippen LogP contribution in [0.4, 0.5) is 8.78 Å². The minimum absolute atomic E-state index is 0.125. The van der Waals surface area contributed by atoms with Crippen LogP contribution in [-0.4, -0.2) is 43.4 Å². The van der Waals surface area contributed by atoms with Gasteiger partial charge in [0.25, 0.3) is 5.92 Å². The van der Waals surface area contributed by atoms with Gasteiger partial charge in [-0.3, -0.25) is 4.79 Å². The normalized spacial score (nSPS) is 20.9. The molecule has 3 N–H and O–H groups in total. The van der Waals surface area contributed by atoms with Crippen LogP contribution in [0.2, 0.25) is 0 Å². The first-order chi connectivity index (χ1) is 21.0. The molecule has 44 heavy (non-hydrogen) atoms. The Balaban J connectivity index is 1.29. The summed E-state index contributed by atoms with van der Waals surface area (Å²) >= 11 is 3.24. The molecule has 3 unspecified atom stereocenters. The summed E-state index contributed by atoms with van der Waals surface area (Å²) in [7, 11) is -4.56. The van der Waals surface area contributed by atoms with Crippen molar-refractivity contribution >= 4 is 42.6 Å². The van der Waals surface area contributed by atoms with Gasteiger partial charge < -0.3 is 15.4 Å². The van der Waals surface area contributed by atoms with Gasteiger partial charge in [0.2, 0.25) is 15.9 Å². The largest absolute Gasteiger partial charge is 0.489 e. The lowest BCUT2D eigenvalue weighted by Gasteiger charge is -2.41. The third-order valence-corrected chi connectivity index (χ3v) is 10.4. The molecule has 4 aromatic carbocycles. The number of rotatable bonds is 9. The third kappa shape index (κ3) is 6.24. The Morgan fingerprint density at radius 1 is 0.955 bits per heavy atom. The number of carbonyl (C=O) groups excluding carboxylic acids is 1. The van der Waals surface area contributed by atoms with E-state index in [0.717, 1.165) is 5.56 Å². The Kier molecular flexibility index (Phi) is 8.49. The van der Waals surface area contributed by atoms with Crippen LogP contribution in [0, 0.1) is 0 Å². The Morgan fingerprint density at radius 2 is 1.59 bits per heavy atom. The predicted molar refractivity (Wildman–Crippen MR) is 168 cm³/mol. The van der Waals surface area contributed by atoms with Crippen molar-refractivity contribution in [2.24, 2.45) is 5.73 Å². The van der Waals surface area contributed by atoms with Crippen molar-refractivity contribution in [3.05, 3.63) is 107 Å². The minimum Gasteiger partial charge on any atom is -0.489 e. The zero-order valence-corrected chi connectivity index (χ0v) is 26.1. The Hall–Kier alpha value is -3.38. The molecule has 0 spiro atoms. The van der Waals surface area contributed by atoms with Gasteiger partial charge in [-0.25, -0.2) is 8.42 Å². The van der Waals surface area contributed by atoms with Crippen molar-refractivity contribution in [3.8, 4) is 5.75 Å². The molecule has 2 saturated heterocycles. The summed E-state index contributed by atoms with van der Waals surface area (Å²) in [6, 6.07) is 21.4. The van der Waals surface area contributed by atoms with Crippen LogP contribution in [0.3, 0.4) is 0 Å². The maximum absolute atomic E-state index is 16.2. The molecule has 1 amide bonds. The number of piperidine rings is 1. The second kappa shape index (κ2) is 12.2. The molecular formula is C33H32BrF2N3O4S. The summed E-state index contributed by atoms with van der Waals surface area (Å²) in [5.41, 5.74) is 6.69. The number of nitrogens with two attached hydrogens (primary N) is 1. The number of ether oxygens (including phenoxy) is 1. The lowest BCUT2D eigenvalue weighted by atomic mass is 9.95. The lowest BCUT2D eigenvalue weighted by molar-refractivity contribution is -0.149. The fourth-order valence-electron chi connectivity index (χ4n) is 6.27. The van der Waals surface area contributed by atoms with Crippen molar-refractivity contribution in [2.75, 3.05) is 0 Å². The van der Waals surface area contributed by atoms with Crippen molar-refractivity contribution in [3.63, 3.8) is 0 Å². The van der Waals surface area contributed by atoms with E-state index in [1.54, 1.807) is 24.3 Å². The molecule has 7 nitrogen and oxygen atoms in total. The monoisotopic (exact) mass is 683 g/mol. The van der Waals surface area contributed by atoms with E-state index in [1.165, 1.54) is 41.3 Å². The maximum atomic E-state index is 16.2. The standard InChI is InChI=1S/C33H32BrF2N3O4S/c34-25-10-8-24(9-11-25)33(35,36)31(32(40)39-27-12-13-28(39)19-26(37)18-27)38-44(41,42)30-15-7-22-16-29(14-6-23(22)17-30)43-20-21-4-2-1-3-5-21/h1-11,14-17,26-28,31,38H,12-13,18-20,37H2. The SMILES string of the molecule is NC1CC2CCC(C1)N2C(=O)C(NS(=O)(=O)c1ccc2cc(OCc3ccccc3)ccc2c1)C(F)(F)c1ccc(Br)cc1. The number of alkyl halides is 2. The first kappa shape index (κ1) is 30.6. The van der Waals surface area contributed by atoms with Crippen LogP contribution in [0.5, 0.6) is 5.75 Å². The van der Waals surface area contributed by atoms with Crippen LogP contribution in [-0.2, 0) is 27.3 Å². The second-order valence-corrected chi connectivity index (χ2v) is 14.1. The van der Waals surface area contributed by atoms with Gasteiger partial charge in [-0.1, -0.05) is 70.5 Å². The van der Waals surface area contributed by atoms with Gasteiger partial charge in [-0.2, -0.15) is 13.5 Å². The molecule has 3 atom stereocenters. The van der Waals surface area contributed by atoms with E-state index in [2.05, 4.69) is 20.7 Å². The minimum atomic E-state index is -4.56. The van der Waals surface area contributed by atoms with Gasteiger partial charge in [0.15, 0.2) is 6.04 Å². The average Bonchev–Trinajstić information content (AvgIpc) is 3.29. The average molecular weight is 685 g/mol. The molecule has 2 heterocycles. The Labute approximate surface area is 263 Å². The number of hydrogen-bond donors (Lipinski definition) is 2. The maximum Gasteiger partial charge on any atom is 0.298 e. The Morgan fingerprint density at radius 3 is 2.27 bits per heavy atom. The summed E-state index contributed by atoms with van der Waals surface area (Å²) < 4.78 is 68.4. The fourth-order valence-corrected chi connectivity index (χ4v) is 7.76. The number of benzene rings is 4. The first-order valence-corrected chi connectivity index (χ1v) is 16.7. The number of halogens is 3. The molecule has 230 valence electrons. The highest BCUT2D eigenvalue weighted by Crippen LogP contribution is 2.40. The molecular weight excluding hydrogens is 652 g/mol. The number of fused-ring (bicyclic) bond motifs is 3. The van der Waals surface area contributed by atoms with E-state index in [9.17, 15) is 13.2 Å². The van der Waals surface area contributed by atoms with E-state index in [0.29, 0.717) is 53.3 Å². The zero-order chi connectivity index (χ0) is 31.1. The first-order valence-electron chi connectivity index (χ1n) is 14.5. The van der Waals surface area contributed by atoms with Gasteiger partial charge >= 0.3 is 0 Å². The molecule has 0 radical (unpaired) electrons. The van der Waals surface area contributed by atoms with Crippen LogP contribution >= 0.6 is 15.9 Å². The topological polar surface area (TPSA) is 102 Å². The smallest absolute Gasteiger partial charge is 0.298 e. The van der Waals surface area contributed by atoms with Crippen molar-refractivity contribution in [1.82, 2.24) is 9.62 Å². The molecule has 0 aliphatic carbocycles. The second-order valence-electron chi connectivity index (χ2n) is 11.5. The molecule has 11 heteroatoms. The molecule has 2 bridgehead atoms. The summed E-state index contributed by atoms with van der Waals surface area (Å²) in [4.78, 5) is 15.1. The number of nitrogens with one attached hydrogen (secondary N) is 1. The van der Waals surface area contributed by atoms with E-state index in [-0.39, 0.29) is 23.0 Å². The van der Waals surface area contributed by atoms with Crippen molar-refractivity contribution < 1.29 is 26.7 Å². The summed E-state index contributed by atoms with van der Waals surface area (Å²) in [5, 5.41) is 1.29. The summed E-state index contributed by atoms with van der Waals surface area (Å²) in [6.07, 6.45) is 2.28. The van der Waals surface area contributed by atoms with Gasteiger partial charge in [0, 0.05) is 28.2 Å².